The molecule has 0 unspecified atom stereocenters. The van der Waals surface area contributed by atoms with Crippen LogP contribution >= 0.6 is 0 Å². The summed E-state index contributed by atoms with van der Waals surface area (Å²) in [6, 6.07) is 2.93. The quantitative estimate of drug-likeness (QED) is 0.786. The van der Waals surface area contributed by atoms with Gasteiger partial charge in [-0.15, -0.1) is 0 Å². The van der Waals surface area contributed by atoms with Crippen molar-refractivity contribution in [1.29, 1.82) is 0 Å². The van der Waals surface area contributed by atoms with E-state index in [0.717, 1.165) is 0 Å². The molecule has 0 aromatic carbocycles. The Morgan fingerprint density at radius 1 is 1.32 bits per heavy atom. The molecule has 2 rings (SSSR count). The lowest BCUT2D eigenvalue weighted by Gasteiger charge is -2.06. The number of aryl methyl sites for hydroxylation is 3. The Morgan fingerprint density at radius 2 is 2.05 bits per heavy atom. The van der Waals surface area contributed by atoms with Crippen molar-refractivity contribution in [3.63, 3.8) is 0 Å². The second kappa shape index (κ2) is 5.09. The Morgan fingerprint density at radius 3 is 2.63 bits per heavy atom. The van der Waals surface area contributed by atoms with Crippen molar-refractivity contribution in [3.8, 4) is 0 Å². The van der Waals surface area contributed by atoms with Gasteiger partial charge in [0.15, 0.2) is 12.4 Å². The van der Waals surface area contributed by atoms with Crippen LogP contribution in [-0.4, -0.2) is 11.1 Å². The zero-order valence-corrected chi connectivity index (χ0v) is 10.9. The van der Waals surface area contributed by atoms with Crippen LogP contribution in [0.15, 0.2) is 25.9 Å². The molecule has 0 aliphatic carbocycles. The summed E-state index contributed by atoms with van der Waals surface area (Å²) in [6.45, 7) is 4.95. The fourth-order valence-corrected chi connectivity index (χ4v) is 1.76. The van der Waals surface area contributed by atoms with Gasteiger partial charge in [0.2, 0.25) is 0 Å². The Kier molecular flexibility index (Phi) is 3.50. The molecule has 6 heteroatoms. The van der Waals surface area contributed by atoms with Crippen LogP contribution in [0.1, 0.15) is 33.1 Å². The van der Waals surface area contributed by atoms with Gasteiger partial charge in [-0.05, 0) is 26.3 Å². The van der Waals surface area contributed by atoms with Crippen LogP contribution in [-0.2, 0) is 11.3 Å². The minimum atomic E-state index is -0.562. The van der Waals surface area contributed by atoms with Crippen LogP contribution in [0.3, 0.4) is 0 Å². The minimum absolute atomic E-state index is 0.0162. The molecule has 19 heavy (non-hydrogen) atoms. The van der Waals surface area contributed by atoms with E-state index in [4.69, 9.17) is 13.7 Å². The molecular weight excluding hydrogens is 250 g/mol. The first-order valence-corrected chi connectivity index (χ1v) is 5.68. The third kappa shape index (κ3) is 2.90. The number of rotatable bonds is 3. The van der Waals surface area contributed by atoms with Crippen molar-refractivity contribution in [2.75, 3.05) is 0 Å². The zero-order valence-electron chi connectivity index (χ0n) is 10.9. The predicted molar refractivity (Wildman–Crippen MR) is 64.8 cm³/mol. The minimum Gasteiger partial charge on any atom is -0.454 e. The van der Waals surface area contributed by atoms with E-state index in [9.17, 15) is 9.59 Å². The number of hydrogen-bond donors (Lipinski definition) is 0. The van der Waals surface area contributed by atoms with Gasteiger partial charge in [-0.1, -0.05) is 5.16 Å². The fraction of sp³-hybridized carbons (Fsp3) is 0.308. The molecule has 0 aliphatic heterocycles. The van der Waals surface area contributed by atoms with Gasteiger partial charge in [-0.2, -0.15) is 0 Å². The van der Waals surface area contributed by atoms with Gasteiger partial charge in [-0.3, -0.25) is 0 Å². The van der Waals surface area contributed by atoms with E-state index >= 15 is 0 Å². The maximum Gasteiger partial charge on any atom is 0.342 e. The van der Waals surface area contributed by atoms with Crippen molar-refractivity contribution in [1.82, 2.24) is 5.16 Å². The van der Waals surface area contributed by atoms with Crippen LogP contribution in [0.4, 0.5) is 0 Å². The SMILES string of the molecule is Cc1cc(COC(=O)c2c(C)cc(=O)oc2C)on1. The van der Waals surface area contributed by atoms with Crippen molar-refractivity contribution in [2.45, 2.75) is 27.4 Å². The van der Waals surface area contributed by atoms with Crippen LogP contribution < -0.4 is 5.63 Å². The molecule has 0 saturated heterocycles. The summed E-state index contributed by atoms with van der Waals surface area (Å²) < 4.78 is 14.9. The summed E-state index contributed by atoms with van der Waals surface area (Å²) >= 11 is 0. The monoisotopic (exact) mass is 263 g/mol. The maximum atomic E-state index is 11.9. The average Bonchev–Trinajstić information content (AvgIpc) is 2.71. The van der Waals surface area contributed by atoms with E-state index in [-0.39, 0.29) is 17.9 Å². The summed E-state index contributed by atoms with van der Waals surface area (Å²) in [4.78, 5) is 23.1. The Hall–Kier alpha value is -2.37. The molecule has 2 heterocycles. The lowest BCUT2D eigenvalue weighted by molar-refractivity contribution is 0.0432. The standard InChI is InChI=1S/C13H13NO5/c1-7-4-11(15)18-9(3)12(7)13(16)17-6-10-5-8(2)14-19-10/h4-5H,6H2,1-3H3. The molecule has 0 fully saturated rings. The first-order chi connectivity index (χ1) is 8.97. The van der Waals surface area contributed by atoms with Gasteiger partial charge >= 0.3 is 11.6 Å². The molecule has 0 spiro atoms. The lowest BCUT2D eigenvalue weighted by atomic mass is 10.1. The summed E-state index contributed by atoms with van der Waals surface area (Å²) in [5, 5.41) is 3.69. The van der Waals surface area contributed by atoms with Crippen molar-refractivity contribution in [2.24, 2.45) is 0 Å². The van der Waals surface area contributed by atoms with Crippen molar-refractivity contribution >= 4 is 5.97 Å². The summed E-state index contributed by atoms with van der Waals surface area (Å²) in [5.74, 6) is 0.134. The number of esters is 1. The second-order valence-corrected chi connectivity index (χ2v) is 4.19. The number of carbonyl (C=O) groups excluding carboxylic acids is 1. The van der Waals surface area contributed by atoms with Gasteiger partial charge in [0, 0.05) is 12.1 Å². The number of ether oxygens (including phenoxy) is 1. The Balaban J connectivity index is 2.14. The van der Waals surface area contributed by atoms with E-state index in [0.29, 0.717) is 17.0 Å². The molecule has 6 nitrogen and oxygen atoms in total. The van der Waals surface area contributed by atoms with Gasteiger partial charge in [-0.25, -0.2) is 9.59 Å². The molecule has 0 bridgehead atoms. The molecule has 0 atom stereocenters. The van der Waals surface area contributed by atoms with Gasteiger partial charge in [0.05, 0.1) is 5.69 Å². The van der Waals surface area contributed by atoms with E-state index in [1.54, 1.807) is 26.8 Å². The molecule has 0 radical (unpaired) electrons. The van der Waals surface area contributed by atoms with E-state index in [1.807, 2.05) is 0 Å². The van der Waals surface area contributed by atoms with Gasteiger partial charge < -0.3 is 13.7 Å². The van der Waals surface area contributed by atoms with Gasteiger partial charge in [0.25, 0.3) is 0 Å². The number of carbonyl (C=O) groups is 1. The normalized spacial score (nSPS) is 10.5. The number of hydrogen-bond acceptors (Lipinski definition) is 6. The zero-order chi connectivity index (χ0) is 14.0. The predicted octanol–water partition coefficient (Wildman–Crippen LogP) is 1.91. The lowest BCUT2D eigenvalue weighted by Crippen LogP contribution is -2.12. The first kappa shape index (κ1) is 13.1. The third-order valence-corrected chi connectivity index (χ3v) is 2.56. The van der Waals surface area contributed by atoms with Crippen LogP contribution in [0.5, 0.6) is 0 Å². The highest BCUT2D eigenvalue weighted by Gasteiger charge is 2.17. The molecule has 2 aromatic heterocycles. The molecule has 0 aliphatic rings. The topological polar surface area (TPSA) is 82.5 Å². The molecule has 2 aromatic rings. The Bertz CT molecular complexity index is 642. The van der Waals surface area contributed by atoms with Crippen molar-refractivity contribution < 1.29 is 18.5 Å². The molecular formula is C13H13NO5. The highest BCUT2D eigenvalue weighted by molar-refractivity contribution is 5.91. The highest BCUT2D eigenvalue weighted by atomic mass is 16.5. The van der Waals surface area contributed by atoms with Gasteiger partial charge in [0.1, 0.15) is 11.3 Å². The third-order valence-electron chi connectivity index (χ3n) is 2.56. The first-order valence-electron chi connectivity index (χ1n) is 5.68. The number of aromatic nitrogens is 1. The highest BCUT2D eigenvalue weighted by Crippen LogP contribution is 2.14. The smallest absolute Gasteiger partial charge is 0.342 e. The van der Waals surface area contributed by atoms with Crippen LogP contribution in [0, 0.1) is 20.8 Å². The summed E-state index contributed by atoms with van der Waals surface area (Å²) in [6.07, 6.45) is 0. The van der Waals surface area contributed by atoms with Crippen LogP contribution in [0.2, 0.25) is 0 Å². The molecule has 0 amide bonds. The maximum absolute atomic E-state index is 11.9. The van der Waals surface area contributed by atoms with E-state index < -0.39 is 11.6 Å². The average molecular weight is 263 g/mol. The molecule has 0 saturated carbocycles. The fourth-order valence-electron chi connectivity index (χ4n) is 1.76. The summed E-state index contributed by atoms with van der Waals surface area (Å²) in [7, 11) is 0. The molecule has 100 valence electrons. The van der Waals surface area contributed by atoms with E-state index in [2.05, 4.69) is 5.16 Å². The number of nitrogens with zero attached hydrogens (tertiary/aromatic N) is 1. The Labute approximate surface area is 109 Å². The summed E-state index contributed by atoms with van der Waals surface area (Å²) in [5.41, 5.74) is 1.00. The van der Waals surface area contributed by atoms with Crippen molar-refractivity contribution in [3.05, 3.63) is 50.9 Å². The van der Waals surface area contributed by atoms with Crippen LogP contribution in [0.25, 0.3) is 0 Å². The molecule has 0 N–H and O–H groups in total. The second-order valence-electron chi connectivity index (χ2n) is 4.19. The van der Waals surface area contributed by atoms with E-state index in [1.165, 1.54) is 6.07 Å². The largest absolute Gasteiger partial charge is 0.454 e.